The Balaban J connectivity index is 1.63. The van der Waals surface area contributed by atoms with Gasteiger partial charge in [0.1, 0.15) is 17.1 Å². The van der Waals surface area contributed by atoms with E-state index >= 15 is 0 Å². The molecule has 3 aromatic rings. The number of hydrogen-bond donors (Lipinski definition) is 1. The third kappa shape index (κ3) is 2.83. The van der Waals surface area contributed by atoms with Crippen LogP contribution in [0, 0.1) is 6.92 Å². The topological polar surface area (TPSA) is 68.0 Å². The summed E-state index contributed by atoms with van der Waals surface area (Å²) in [4.78, 5) is 17.1. The average molecular weight is 348 g/mol. The van der Waals surface area contributed by atoms with Crippen molar-refractivity contribution in [2.24, 2.45) is 5.10 Å². The molecule has 26 heavy (non-hydrogen) atoms. The molecule has 6 heteroatoms. The number of imidazole rings is 1. The van der Waals surface area contributed by atoms with E-state index in [1.807, 2.05) is 49.5 Å². The quantitative estimate of drug-likeness (QED) is 0.740. The molecule has 0 atom stereocenters. The second-order valence-corrected chi connectivity index (χ2v) is 6.35. The highest BCUT2D eigenvalue weighted by Crippen LogP contribution is 2.25. The molecule has 2 aromatic heterocycles. The Morgan fingerprint density at radius 2 is 2.15 bits per heavy atom. The van der Waals surface area contributed by atoms with Crippen molar-refractivity contribution in [2.75, 3.05) is 7.11 Å². The predicted octanol–water partition coefficient (Wildman–Crippen LogP) is 3.12. The lowest BCUT2D eigenvalue weighted by molar-refractivity contribution is 0.0948. The molecule has 0 fully saturated rings. The number of ether oxygens (including phenoxy) is 1. The summed E-state index contributed by atoms with van der Waals surface area (Å²) in [7, 11) is 1.66. The van der Waals surface area contributed by atoms with Gasteiger partial charge in [-0.2, -0.15) is 5.10 Å². The third-order valence-electron chi connectivity index (χ3n) is 4.69. The van der Waals surface area contributed by atoms with Crippen molar-refractivity contribution in [1.82, 2.24) is 14.8 Å². The Labute approximate surface area is 151 Å². The lowest BCUT2D eigenvalue weighted by Gasteiger charge is -2.18. The van der Waals surface area contributed by atoms with Gasteiger partial charge in [-0.05, 0) is 62.1 Å². The van der Waals surface area contributed by atoms with E-state index in [4.69, 9.17) is 4.74 Å². The van der Waals surface area contributed by atoms with Gasteiger partial charge < -0.3 is 4.74 Å². The number of aromatic nitrogens is 2. The van der Waals surface area contributed by atoms with Gasteiger partial charge >= 0.3 is 0 Å². The number of pyridine rings is 1. The van der Waals surface area contributed by atoms with Gasteiger partial charge in [-0.25, -0.2) is 10.4 Å². The fraction of sp³-hybridized carbons (Fsp3) is 0.250. The first-order valence-corrected chi connectivity index (χ1v) is 8.65. The third-order valence-corrected chi connectivity index (χ3v) is 4.69. The number of carbonyl (C=O) groups is 1. The van der Waals surface area contributed by atoms with Crippen LogP contribution in [0.5, 0.6) is 5.75 Å². The lowest BCUT2D eigenvalue weighted by Crippen LogP contribution is -2.24. The Hall–Kier alpha value is -3.15. The SMILES string of the molecule is COc1ccc2c(c1)CCC/C2=N/NC(=O)c1c(C)nc2ccccn12. The Morgan fingerprint density at radius 1 is 1.27 bits per heavy atom. The molecular formula is C20H20N4O2. The van der Waals surface area contributed by atoms with Gasteiger partial charge in [-0.1, -0.05) is 6.07 Å². The minimum atomic E-state index is -0.255. The van der Waals surface area contributed by atoms with Crippen LogP contribution in [0.2, 0.25) is 0 Å². The van der Waals surface area contributed by atoms with Crippen molar-refractivity contribution in [3.63, 3.8) is 0 Å². The zero-order valence-electron chi connectivity index (χ0n) is 14.8. The molecule has 0 spiro atoms. The first kappa shape index (κ1) is 16.3. The summed E-state index contributed by atoms with van der Waals surface area (Å²) in [5.74, 6) is 0.588. The predicted molar refractivity (Wildman–Crippen MR) is 99.9 cm³/mol. The van der Waals surface area contributed by atoms with Gasteiger partial charge in [0.15, 0.2) is 0 Å². The molecule has 0 aliphatic heterocycles. The van der Waals surface area contributed by atoms with Gasteiger partial charge in [0.2, 0.25) is 0 Å². The minimum Gasteiger partial charge on any atom is -0.497 e. The van der Waals surface area contributed by atoms with Crippen molar-refractivity contribution in [1.29, 1.82) is 0 Å². The van der Waals surface area contributed by atoms with Crippen molar-refractivity contribution in [3.05, 3.63) is 65.1 Å². The van der Waals surface area contributed by atoms with Crippen molar-refractivity contribution < 1.29 is 9.53 Å². The van der Waals surface area contributed by atoms with E-state index in [1.165, 1.54) is 5.56 Å². The molecule has 0 saturated carbocycles. The Bertz CT molecular complexity index is 1020. The summed E-state index contributed by atoms with van der Waals surface area (Å²) in [6.45, 7) is 1.83. The van der Waals surface area contributed by atoms with Crippen LogP contribution in [-0.2, 0) is 6.42 Å². The van der Waals surface area contributed by atoms with Crippen molar-refractivity contribution in [2.45, 2.75) is 26.2 Å². The van der Waals surface area contributed by atoms with Gasteiger partial charge in [-0.15, -0.1) is 0 Å². The number of hydrazone groups is 1. The van der Waals surface area contributed by atoms with Gasteiger partial charge in [0.05, 0.1) is 18.5 Å². The number of benzene rings is 1. The highest BCUT2D eigenvalue weighted by atomic mass is 16.5. The van der Waals surface area contributed by atoms with Crippen LogP contribution in [-0.4, -0.2) is 28.1 Å². The summed E-state index contributed by atoms with van der Waals surface area (Å²) >= 11 is 0. The first-order chi connectivity index (χ1) is 12.7. The van der Waals surface area contributed by atoms with Crippen molar-refractivity contribution >= 4 is 17.3 Å². The molecule has 0 bridgehead atoms. The van der Waals surface area contributed by atoms with Crippen LogP contribution in [0.4, 0.5) is 0 Å². The molecular weight excluding hydrogens is 328 g/mol. The maximum absolute atomic E-state index is 12.7. The number of fused-ring (bicyclic) bond motifs is 2. The number of carbonyl (C=O) groups excluding carboxylic acids is 1. The number of methoxy groups -OCH3 is 1. The largest absolute Gasteiger partial charge is 0.497 e. The van der Waals surface area contributed by atoms with Crippen LogP contribution in [0.15, 0.2) is 47.7 Å². The Morgan fingerprint density at radius 3 is 3.00 bits per heavy atom. The molecule has 1 aliphatic rings. The lowest BCUT2D eigenvalue weighted by atomic mass is 9.90. The van der Waals surface area contributed by atoms with Crippen LogP contribution in [0.1, 0.15) is 40.2 Å². The fourth-order valence-electron chi connectivity index (χ4n) is 3.44. The number of amides is 1. The summed E-state index contributed by atoms with van der Waals surface area (Å²) in [6.07, 6.45) is 4.67. The molecule has 1 aromatic carbocycles. The van der Waals surface area contributed by atoms with Crippen molar-refractivity contribution in [3.8, 4) is 5.75 Å². The molecule has 2 heterocycles. The fourth-order valence-corrected chi connectivity index (χ4v) is 3.44. The van der Waals surface area contributed by atoms with E-state index in [0.29, 0.717) is 11.4 Å². The molecule has 1 N–H and O–H groups in total. The zero-order valence-corrected chi connectivity index (χ0v) is 14.8. The minimum absolute atomic E-state index is 0.255. The number of nitrogens with zero attached hydrogens (tertiary/aromatic N) is 3. The Kier molecular flexibility index (Phi) is 4.16. The van der Waals surface area contributed by atoms with E-state index in [9.17, 15) is 4.79 Å². The second kappa shape index (κ2) is 6.63. The van der Waals surface area contributed by atoms with E-state index < -0.39 is 0 Å². The maximum Gasteiger partial charge on any atom is 0.290 e. The average Bonchev–Trinajstić information content (AvgIpc) is 3.01. The van der Waals surface area contributed by atoms with Gasteiger partial charge in [0, 0.05) is 11.8 Å². The van der Waals surface area contributed by atoms with E-state index in [-0.39, 0.29) is 5.91 Å². The van der Waals surface area contributed by atoms with E-state index in [0.717, 1.165) is 41.9 Å². The van der Waals surface area contributed by atoms with Crippen LogP contribution >= 0.6 is 0 Å². The summed E-state index contributed by atoms with van der Waals surface area (Å²) in [6, 6.07) is 11.6. The number of aryl methyl sites for hydroxylation is 2. The standard InChI is InChI=1S/C20H20N4O2/c1-13-19(24-11-4-3-8-18(24)21-13)20(25)23-22-17-7-5-6-14-12-15(26-2)9-10-16(14)17/h3-4,8-12H,5-7H2,1-2H3,(H,23,25)/b22-17-. The summed E-state index contributed by atoms with van der Waals surface area (Å²) in [5, 5.41) is 4.42. The highest BCUT2D eigenvalue weighted by Gasteiger charge is 2.19. The number of nitrogens with one attached hydrogen (secondary N) is 1. The first-order valence-electron chi connectivity index (χ1n) is 8.65. The van der Waals surface area contributed by atoms with Crippen LogP contribution in [0.25, 0.3) is 5.65 Å². The van der Waals surface area contributed by atoms with E-state index in [2.05, 4.69) is 15.5 Å². The monoisotopic (exact) mass is 348 g/mol. The van der Waals surface area contributed by atoms with Gasteiger partial charge in [-0.3, -0.25) is 9.20 Å². The van der Waals surface area contributed by atoms with E-state index in [1.54, 1.807) is 11.5 Å². The van der Waals surface area contributed by atoms with Crippen LogP contribution in [0.3, 0.4) is 0 Å². The smallest absolute Gasteiger partial charge is 0.290 e. The normalized spacial score (nSPS) is 15.1. The zero-order chi connectivity index (χ0) is 18.1. The number of hydrogen-bond acceptors (Lipinski definition) is 4. The number of rotatable bonds is 3. The molecule has 0 unspecified atom stereocenters. The second-order valence-electron chi connectivity index (χ2n) is 6.35. The van der Waals surface area contributed by atoms with Crippen LogP contribution < -0.4 is 10.2 Å². The highest BCUT2D eigenvalue weighted by molar-refractivity contribution is 6.04. The summed E-state index contributed by atoms with van der Waals surface area (Å²) < 4.78 is 7.08. The molecule has 6 nitrogen and oxygen atoms in total. The molecule has 4 rings (SSSR count). The molecule has 1 amide bonds. The maximum atomic E-state index is 12.7. The molecule has 1 aliphatic carbocycles. The molecule has 132 valence electrons. The molecule has 0 saturated heterocycles. The summed E-state index contributed by atoms with van der Waals surface area (Å²) in [5.41, 5.74) is 7.83. The van der Waals surface area contributed by atoms with Gasteiger partial charge in [0.25, 0.3) is 5.91 Å². The molecule has 0 radical (unpaired) electrons.